The topological polar surface area (TPSA) is 64.6 Å². The van der Waals surface area contributed by atoms with E-state index in [1.165, 1.54) is 11.3 Å². The number of amides is 1. The van der Waals surface area contributed by atoms with Gasteiger partial charge < -0.3 is 9.47 Å². The molecular weight excluding hydrogens is 434 g/mol. The van der Waals surface area contributed by atoms with Crippen LogP contribution in [0.2, 0.25) is 5.02 Å². The maximum atomic E-state index is 13.1. The van der Waals surface area contributed by atoms with Gasteiger partial charge in [0.2, 0.25) is 0 Å². The molecule has 158 valence electrons. The molecule has 0 saturated heterocycles. The highest BCUT2D eigenvalue weighted by Gasteiger charge is 2.21. The number of aromatic nitrogens is 2. The Balaban J connectivity index is 1.54. The molecule has 8 heteroatoms. The van der Waals surface area contributed by atoms with Crippen molar-refractivity contribution >= 4 is 44.2 Å². The first-order valence-corrected chi connectivity index (χ1v) is 10.9. The predicted octanol–water partition coefficient (Wildman–Crippen LogP) is 5.36. The molecule has 4 aromatic rings. The lowest BCUT2D eigenvalue weighted by atomic mass is 10.2. The second-order valence-electron chi connectivity index (χ2n) is 6.64. The summed E-state index contributed by atoms with van der Waals surface area (Å²) in [5, 5.41) is 1.22. The van der Waals surface area contributed by atoms with Crippen molar-refractivity contribution in [3.63, 3.8) is 0 Å². The predicted molar refractivity (Wildman–Crippen MR) is 123 cm³/mol. The fourth-order valence-electron chi connectivity index (χ4n) is 2.96. The molecule has 0 radical (unpaired) electrons. The highest BCUT2D eigenvalue weighted by molar-refractivity contribution is 7.22. The third-order valence-corrected chi connectivity index (χ3v) is 5.71. The minimum atomic E-state index is -0.206. The summed E-state index contributed by atoms with van der Waals surface area (Å²) < 4.78 is 12.1. The summed E-state index contributed by atoms with van der Waals surface area (Å²) in [6, 6.07) is 16.4. The largest absolute Gasteiger partial charge is 0.494 e. The maximum absolute atomic E-state index is 13.1. The lowest BCUT2D eigenvalue weighted by molar-refractivity contribution is -0.120. The van der Waals surface area contributed by atoms with Gasteiger partial charge in [0, 0.05) is 17.4 Å². The molecule has 2 aromatic carbocycles. The molecular formula is C23H20ClN3O3S. The highest BCUT2D eigenvalue weighted by Crippen LogP contribution is 2.31. The van der Waals surface area contributed by atoms with Crippen molar-refractivity contribution in [2.75, 3.05) is 18.1 Å². The Morgan fingerprint density at radius 1 is 1.10 bits per heavy atom. The monoisotopic (exact) mass is 453 g/mol. The SMILES string of the molecule is CCOc1ccc(OCC(=O)N(Cc2cccnc2)c2nc3ccc(Cl)cc3s2)cc1. The smallest absolute Gasteiger partial charge is 0.267 e. The molecule has 6 nitrogen and oxygen atoms in total. The number of ether oxygens (including phenoxy) is 2. The van der Waals surface area contributed by atoms with Crippen LogP contribution in [0.1, 0.15) is 12.5 Å². The molecule has 0 unspecified atom stereocenters. The van der Waals surface area contributed by atoms with E-state index in [1.807, 2.05) is 43.3 Å². The number of nitrogens with zero attached hydrogens (tertiary/aromatic N) is 3. The molecule has 0 N–H and O–H groups in total. The van der Waals surface area contributed by atoms with Crippen LogP contribution in [-0.2, 0) is 11.3 Å². The summed E-state index contributed by atoms with van der Waals surface area (Å²) in [4.78, 5) is 23.5. The number of thiazole rings is 1. The maximum Gasteiger partial charge on any atom is 0.267 e. The van der Waals surface area contributed by atoms with E-state index in [0.717, 1.165) is 21.5 Å². The summed E-state index contributed by atoms with van der Waals surface area (Å²) >= 11 is 7.52. The molecule has 0 aliphatic carbocycles. The van der Waals surface area contributed by atoms with Crippen LogP contribution >= 0.6 is 22.9 Å². The van der Waals surface area contributed by atoms with E-state index >= 15 is 0 Å². The lowest BCUT2D eigenvalue weighted by Crippen LogP contribution is -2.34. The van der Waals surface area contributed by atoms with Gasteiger partial charge in [-0.1, -0.05) is 29.0 Å². The van der Waals surface area contributed by atoms with Crippen LogP contribution in [0.15, 0.2) is 67.0 Å². The van der Waals surface area contributed by atoms with E-state index in [1.54, 1.807) is 35.5 Å². The van der Waals surface area contributed by atoms with Crippen LogP contribution in [0.3, 0.4) is 0 Å². The Kier molecular flexibility index (Phi) is 6.64. The van der Waals surface area contributed by atoms with Crippen LogP contribution in [0.4, 0.5) is 5.13 Å². The van der Waals surface area contributed by atoms with E-state index in [4.69, 9.17) is 21.1 Å². The molecule has 0 saturated carbocycles. The number of pyridine rings is 1. The number of carbonyl (C=O) groups excluding carboxylic acids is 1. The zero-order valence-corrected chi connectivity index (χ0v) is 18.4. The number of carbonyl (C=O) groups is 1. The van der Waals surface area contributed by atoms with Gasteiger partial charge in [-0.25, -0.2) is 4.98 Å². The Bertz CT molecular complexity index is 1170. The average Bonchev–Trinajstić information content (AvgIpc) is 3.20. The van der Waals surface area contributed by atoms with E-state index in [-0.39, 0.29) is 12.5 Å². The van der Waals surface area contributed by atoms with Gasteiger partial charge in [-0.2, -0.15) is 0 Å². The van der Waals surface area contributed by atoms with Crippen molar-refractivity contribution in [3.05, 3.63) is 77.6 Å². The minimum Gasteiger partial charge on any atom is -0.494 e. The van der Waals surface area contributed by atoms with E-state index in [0.29, 0.717) is 29.1 Å². The van der Waals surface area contributed by atoms with E-state index in [9.17, 15) is 4.79 Å². The number of anilines is 1. The second-order valence-corrected chi connectivity index (χ2v) is 8.09. The molecule has 0 aliphatic heterocycles. The number of benzene rings is 2. The van der Waals surface area contributed by atoms with Gasteiger partial charge in [0.05, 0.1) is 23.4 Å². The van der Waals surface area contributed by atoms with E-state index in [2.05, 4.69) is 9.97 Å². The number of rotatable bonds is 8. The van der Waals surface area contributed by atoms with Crippen LogP contribution in [0, 0.1) is 0 Å². The van der Waals surface area contributed by atoms with Crippen molar-refractivity contribution < 1.29 is 14.3 Å². The normalized spacial score (nSPS) is 10.8. The van der Waals surface area contributed by atoms with Gasteiger partial charge in [-0.05, 0) is 61.0 Å². The molecule has 0 bridgehead atoms. The van der Waals surface area contributed by atoms with Crippen LogP contribution in [0.5, 0.6) is 11.5 Å². The third kappa shape index (κ3) is 5.31. The summed E-state index contributed by atoms with van der Waals surface area (Å²) in [7, 11) is 0. The fraction of sp³-hybridized carbons (Fsp3) is 0.174. The van der Waals surface area contributed by atoms with Crippen molar-refractivity contribution in [2.45, 2.75) is 13.5 Å². The minimum absolute atomic E-state index is 0.120. The number of fused-ring (bicyclic) bond motifs is 1. The van der Waals surface area contributed by atoms with Crippen LogP contribution < -0.4 is 14.4 Å². The summed E-state index contributed by atoms with van der Waals surface area (Å²) in [6.45, 7) is 2.74. The Hall–Kier alpha value is -3.16. The fourth-order valence-corrected chi connectivity index (χ4v) is 4.22. The van der Waals surface area contributed by atoms with Gasteiger partial charge in [0.1, 0.15) is 11.5 Å². The van der Waals surface area contributed by atoms with Crippen molar-refractivity contribution in [1.29, 1.82) is 0 Å². The van der Waals surface area contributed by atoms with Gasteiger partial charge in [-0.15, -0.1) is 0 Å². The number of hydrogen-bond acceptors (Lipinski definition) is 6. The molecule has 0 atom stereocenters. The van der Waals surface area contributed by atoms with Crippen LogP contribution in [0.25, 0.3) is 10.2 Å². The Morgan fingerprint density at radius 2 is 1.87 bits per heavy atom. The molecule has 1 amide bonds. The third-order valence-electron chi connectivity index (χ3n) is 4.43. The average molecular weight is 454 g/mol. The summed E-state index contributed by atoms with van der Waals surface area (Å²) in [5.74, 6) is 1.14. The van der Waals surface area contributed by atoms with Gasteiger partial charge in [0.15, 0.2) is 11.7 Å². The quantitative estimate of drug-likeness (QED) is 0.359. The molecule has 2 aromatic heterocycles. The number of hydrogen-bond donors (Lipinski definition) is 0. The van der Waals surface area contributed by atoms with Crippen molar-refractivity contribution in [2.24, 2.45) is 0 Å². The Labute approximate surface area is 189 Å². The zero-order valence-electron chi connectivity index (χ0n) is 16.8. The second kappa shape index (κ2) is 9.76. The van der Waals surface area contributed by atoms with Crippen molar-refractivity contribution in [1.82, 2.24) is 9.97 Å². The Morgan fingerprint density at radius 3 is 2.58 bits per heavy atom. The number of halogens is 1. The van der Waals surface area contributed by atoms with Gasteiger partial charge >= 0.3 is 0 Å². The first kappa shape index (κ1) is 21.1. The van der Waals surface area contributed by atoms with Gasteiger partial charge in [0.25, 0.3) is 5.91 Å². The van der Waals surface area contributed by atoms with E-state index < -0.39 is 0 Å². The molecule has 0 spiro atoms. The summed E-state index contributed by atoms with van der Waals surface area (Å²) in [5.41, 5.74) is 1.69. The lowest BCUT2D eigenvalue weighted by Gasteiger charge is -2.20. The standard InChI is InChI=1S/C23H20ClN3O3S/c1-2-29-18-6-8-19(9-7-18)30-15-22(28)27(14-16-4-3-11-25-13-16)23-26-20-10-5-17(24)12-21(20)31-23/h3-13H,2,14-15H2,1H3. The molecule has 4 rings (SSSR count). The first-order valence-electron chi connectivity index (χ1n) is 9.73. The first-order chi connectivity index (χ1) is 15.1. The molecule has 2 heterocycles. The zero-order chi connectivity index (χ0) is 21.6. The van der Waals surface area contributed by atoms with Gasteiger partial charge in [-0.3, -0.25) is 14.7 Å². The molecule has 31 heavy (non-hydrogen) atoms. The molecule has 0 fully saturated rings. The summed E-state index contributed by atoms with van der Waals surface area (Å²) in [6.07, 6.45) is 3.43. The molecule has 0 aliphatic rings. The van der Waals surface area contributed by atoms with Crippen LogP contribution in [-0.4, -0.2) is 29.1 Å². The highest BCUT2D eigenvalue weighted by atomic mass is 35.5. The van der Waals surface area contributed by atoms with Crippen molar-refractivity contribution in [3.8, 4) is 11.5 Å².